The minimum Gasteiger partial charge on any atom is -0.493 e. The lowest BCUT2D eigenvalue weighted by atomic mass is 10.1. The maximum atomic E-state index is 12.4. The first kappa shape index (κ1) is 19.5. The molecule has 0 radical (unpaired) electrons. The van der Waals surface area contributed by atoms with Crippen LogP contribution >= 0.6 is 0 Å². The van der Waals surface area contributed by atoms with E-state index in [1.54, 1.807) is 42.5 Å². The van der Waals surface area contributed by atoms with E-state index in [-0.39, 0.29) is 11.5 Å². The van der Waals surface area contributed by atoms with Crippen LogP contribution in [0.15, 0.2) is 48.0 Å². The SMILES string of the molecule is COc1ccc(NC(=O)C(C#N)=Cc2ccc(NC(C)=O)cc2)cc1OC. The summed E-state index contributed by atoms with van der Waals surface area (Å²) in [6, 6.07) is 13.6. The molecule has 0 saturated heterocycles. The predicted molar refractivity (Wildman–Crippen MR) is 103 cm³/mol. The normalized spacial score (nSPS) is 10.5. The molecule has 2 N–H and O–H groups in total. The zero-order valence-electron chi connectivity index (χ0n) is 15.2. The van der Waals surface area contributed by atoms with E-state index in [1.807, 2.05) is 6.07 Å². The van der Waals surface area contributed by atoms with Gasteiger partial charge >= 0.3 is 0 Å². The number of carbonyl (C=O) groups excluding carboxylic acids is 2. The topological polar surface area (TPSA) is 100 Å². The van der Waals surface area contributed by atoms with Gasteiger partial charge in [0.1, 0.15) is 11.6 Å². The molecule has 27 heavy (non-hydrogen) atoms. The highest BCUT2D eigenvalue weighted by Gasteiger charge is 2.12. The highest BCUT2D eigenvalue weighted by atomic mass is 16.5. The molecular weight excluding hydrogens is 346 g/mol. The number of carbonyl (C=O) groups is 2. The Morgan fingerprint density at radius 1 is 0.963 bits per heavy atom. The van der Waals surface area contributed by atoms with E-state index in [2.05, 4.69) is 10.6 Å². The van der Waals surface area contributed by atoms with E-state index < -0.39 is 5.91 Å². The molecule has 0 aliphatic heterocycles. The third kappa shape index (κ3) is 5.34. The first-order valence-corrected chi connectivity index (χ1v) is 7.99. The van der Waals surface area contributed by atoms with Crippen LogP contribution in [-0.4, -0.2) is 26.0 Å². The summed E-state index contributed by atoms with van der Waals surface area (Å²) in [7, 11) is 3.01. The Morgan fingerprint density at radius 3 is 2.15 bits per heavy atom. The third-order valence-corrected chi connectivity index (χ3v) is 3.55. The van der Waals surface area contributed by atoms with Crippen LogP contribution in [0.25, 0.3) is 6.08 Å². The Kier molecular flexibility index (Phi) is 6.55. The number of ether oxygens (including phenoxy) is 2. The minimum absolute atomic E-state index is 0.0583. The van der Waals surface area contributed by atoms with E-state index in [4.69, 9.17) is 9.47 Å². The minimum atomic E-state index is -0.546. The van der Waals surface area contributed by atoms with E-state index in [0.29, 0.717) is 28.4 Å². The summed E-state index contributed by atoms with van der Waals surface area (Å²) < 4.78 is 10.3. The molecule has 0 bridgehead atoms. The number of nitriles is 1. The summed E-state index contributed by atoms with van der Waals surface area (Å²) >= 11 is 0. The van der Waals surface area contributed by atoms with Crippen LogP contribution in [0.3, 0.4) is 0 Å². The van der Waals surface area contributed by atoms with Crippen molar-refractivity contribution in [3.63, 3.8) is 0 Å². The largest absolute Gasteiger partial charge is 0.493 e. The smallest absolute Gasteiger partial charge is 0.266 e. The quantitative estimate of drug-likeness (QED) is 0.605. The summed E-state index contributed by atoms with van der Waals surface area (Å²) in [6.07, 6.45) is 1.47. The Balaban J connectivity index is 2.17. The van der Waals surface area contributed by atoms with E-state index in [0.717, 1.165) is 0 Å². The highest BCUT2D eigenvalue weighted by Crippen LogP contribution is 2.29. The monoisotopic (exact) mass is 365 g/mol. The van der Waals surface area contributed by atoms with Gasteiger partial charge in [-0.1, -0.05) is 12.1 Å². The van der Waals surface area contributed by atoms with Crippen molar-refractivity contribution in [3.8, 4) is 17.6 Å². The molecule has 0 aliphatic carbocycles. The second kappa shape index (κ2) is 9.06. The van der Waals surface area contributed by atoms with Crippen molar-refractivity contribution in [2.24, 2.45) is 0 Å². The summed E-state index contributed by atoms with van der Waals surface area (Å²) in [5.74, 6) is 0.276. The van der Waals surface area contributed by atoms with Gasteiger partial charge in [0.2, 0.25) is 5.91 Å². The number of nitrogens with zero attached hydrogens (tertiary/aromatic N) is 1. The molecule has 0 heterocycles. The number of anilines is 2. The molecule has 0 aromatic heterocycles. The van der Waals surface area contributed by atoms with Gasteiger partial charge in [-0.15, -0.1) is 0 Å². The molecule has 0 unspecified atom stereocenters. The molecule has 2 aromatic rings. The molecule has 2 aromatic carbocycles. The summed E-state index contributed by atoms with van der Waals surface area (Å²) in [5, 5.41) is 14.6. The summed E-state index contributed by atoms with van der Waals surface area (Å²) in [6.45, 7) is 1.42. The van der Waals surface area contributed by atoms with Crippen LogP contribution in [0.2, 0.25) is 0 Å². The van der Waals surface area contributed by atoms with E-state index in [9.17, 15) is 14.9 Å². The number of nitrogens with one attached hydrogen (secondary N) is 2. The third-order valence-electron chi connectivity index (χ3n) is 3.55. The second-order valence-electron chi connectivity index (χ2n) is 5.50. The van der Waals surface area contributed by atoms with Crippen LogP contribution in [0.5, 0.6) is 11.5 Å². The fraction of sp³-hybridized carbons (Fsp3) is 0.150. The lowest BCUT2D eigenvalue weighted by Crippen LogP contribution is -2.13. The van der Waals surface area contributed by atoms with Crippen molar-refractivity contribution in [1.82, 2.24) is 0 Å². The summed E-state index contributed by atoms with van der Waals surface area (Å²) in [4.78, 5) is 23.4. The van der Waals surface area contributed by atoms with Gasteiger partial charge in [0.15, 0.2) is 11.5 Å². The van der Waals surface area contributed by atoms with Gasteiger partial charge < -0.3 is 20.1 Å². The average molecular weight is 365 g/mol. The first-order chi connectivity index (χ1) is 13.0. The Hall–Kier alpha value is -3.79. The van der Waals surface area contributed by atoms with Gasteiger partial charge in [-0.05, 0) is 35.9 Å². The molecule has 7 heteroatoms. The molecular formula is C20H19N3O4. The zero-order valence-corrected chi connectivity index (χ0v) is 15.2. The van der Waals surface area contributed by atoms with Crippen molar-refractivity contribution in [3.05, 3.63) is 53.6 Å². The lowest BCUT2D eigenvalue weighted by Gasteiger charge is -2.10. The fourth-order valence-electron chi connectivity index (χ4n) is 2.29. The number of rotatable bonds is 6. The van der Waals surface area contributed by atoms with Gasteiger partial charge in [0.25, 0.3) is 5.91 Å². The maximum Gasteiger partial charge on any atom is 0.266 e. The highest BCUT2D eigenvalue weighted by molar-refractivity contribution is 6.09. The molecule has 2 amide bonds. The number of hydrogen-bond donors (Lipinski definition) is 2. The van der Waals surface area contributed by atoms with Gasteiger partial charge in [-0.3, -0.25) is 9.59 Å². The van der Waals surface area contributed by atoms with Crippen molar-refractivity contribution < 1.29 is 19.1 Å². The van der Waals surface area contributed by atoms with Gasteiger partial charge in [-0.25, -0.2) is 0 Å². The van der Waals surface area contributed by atoms with Gasteiger partial charge in [-0.2, -0.15) is 5.26 Å². The molecule has 0 aliphatic rings. The molecule has 7 nitrogen and oxygen atoms in total. The molecule has 0 saturated carbocycles. The van der Waals surface area contributed by atoms with Crippen LogP contribution in [-0.2, 0) is 9.59 Å². The number of amides is 2. The van der Waals surface area contributed by atoms with Crippen LogP contribution in [0.4, 0.5) is 11.4 Å². The van der Waals surface area contributed by atoms with Crippen molar-refractivity contribution >= 4 is 29.3 Å². The number of methoxy groups -OCH3 is 2. The number of hydrogen-bond acceptors (Lipinski definition) is 5. The van der Waals surface area contributed by atoms with Crippen molar-refractivity contribution in [2.75, 3.05) is 24.9 Å². The predicted octanol–water partition coefficient (Wildman–Crippen LogP) is 3.21. The lowest BCUT2D eigenvalue weighted by molar-refractivity contribution is -0.114. The Labute approximate surface area is 157 Å². The summed E-state index contributed by atoms with van der Waals surface area (Å²) in [5.41, 5.74) is 1.70. The maximum absolute atomic E-state index is 12.4. The van der Waals surface area contributed by atoms with E-state index in [1.165, 1.54) is 27.2 Å². The average Bonchev–Trinajstić information content (AvgIpc) is 2.66. The second-order valence-corrected chi connectivity index (χ2v) is 5.50. The molecule has 0 atom stereocenters. The Morgan fingerprint density at radius 2 is 1.59 bits per heavy atom. The number of benzene rings is 2. The van der Waals surface area contributed by atoms with E-state index >= 15 is 0 Å². The molecule has 0 spiro atoms. The van der Waals surface area contributed by atoms with Crippen LogP contribution in [0, 0.1) is 11.3 Å². The standard InChI is InChI=1S/C20H19N3O4/c1-13(24)22-16-6-4-14(5-7-16)10-15(12-21)20(25)23-17-8-9-18(26-2)19(11-17)27-3/h4-11H,1-3H3,(H,22,24)(H,23,25). The van der Waals surface area contributed by atoms with Gasteiger partial charge in [0.05, 0.1) is 14.2 Å². The van der Waals surface area contributed by atoms with Crippen molar-refractivity contribution in [1.29, 1.82) is 5.26 Å². The fourth-order valence-corrected chi connectivity index (χ4v) is 2.29. The zero-order chi connectivity index (χ0) is 19.8. The van der Waals surface area contributed by atoms with Gasteiger partial charge in [0, 0.05) is 24.4 Å². The Bertz CT molecular complexity index is 912. The molecule has 138 valence electrons. The van der Waals surface area contributed by atoms with Crippen LogP contribution in [0.1, 0.15) is 12.5 Å². The molecule has 2 rings (SSSR count). The molecule has 0 fully saturated rings. The van der Waals surface area contributed by atoms with Crippen LogP contribution < -0.4 is 20.1 Å². The van der Waals surface area contributed by atoms with Crippen molar-refractivity contribution in [2.45, 2.75) is 6.92 Å². The first-order valence-electron chi connectivity index (χ1n) is 7.99.